The summed E-state index contributed by atoms with van der Waals surface area (Å²) in [5, 5.41) is 9.75. The molecule has 0 aliphatic carbocycles. The van der Waals surface area contributed by atoms with E-state index >= 15 is 0 Å². The second kappa shape index (κ2) is 7.76. The Morgan fingerprint density at radius 2 is 2.21 bits per heavy atom. The highest BCUT2D eigenvalue weighted by molar-refractivity contribution is 7.15. The van der Waals surface area contributed by atoms with Crippen molar-refractivity contribution in [2.24, 2.45) is 0 Å². The number of hydrogen-bond acceptors (Lipinski definition) is 7. The molecule has 0 unspecified atom stereocenters. The molecule has 7 heteroatoms. The van der Waals surface area contributed by atoms with Crippen molar-refractivity contribution < 1.29 is 9.84 Å². The van der Waals surface area contributed by atoms with Gasteiger partial charge in [0.15, 0.2) is 5.13 Å². The van der Waals surface area contributed by atoms with Crippen molar-refractivity contribution in [1.82, 2.24) is 14.8 Å². The van der Waals surface area contributed by atoms with Crippen molar-refractivity contribution in [3.8, 4) is 0 Å². The van der Waals surface area contributed by atoms with E-state index in [1.54, 1.807) is 0 Å². The Hall–Kier alpha value is -0.730. The number of thiazole rings is 1. The lowest BCUT2D eigenvalue weighted by molar-refractivity contribution is 0.0321. The molecule has 1 aromatic heterocycles. The molecule has 0 amide bonds. The molecule has 1 fully saturated rings. The van der Waals surface area contributed by atoms with Gasteiger partial charge in [-0.05, 0) is 0 Å². The molecule has 0 atom stereocenters. The standard InChI is InChI=1S/C12H22N4O2S/c13-12-14-9-11(19-12)10-16(3-6-17)2-1-15-4-7-18-8-5-15/h9,17H,1-8,10H2,(H2,13,14). The van der Waals surface area contributed by atoms with Crippen LogP contribution < -0.4 is 5.73 Å². The molecule has 0 spiro atoms. The van der Waals surface area contributed by atoms with Gasteiger partial charge < -0.3 is 15.6 Å². The first-order chi connectivity index (χ1) is 9.28. The molecule has 108 valence electrons. The van der Waals surface area contributed by atoms with E-state index in [0.717, 1.165) is 50.8 Å². The molecule has 0 radical (unpaired) electrons. The predicted octanol–water partition coefficient (Wildman–Crippen LogP) is -0.148. The van der Waals surface area contributed by atoms with Crippen LogP contribution in [0.15, 0.2) is 6.20 Å². The number of anilines is 1. The maximum Gasteiger partial charge on any atom is 0.180 e. The summed E-state index contributed by atoms with van der Waals surface area (Å²) in [7, 11) is 0. The van der Waals surface area contributed by atoms with Gasteiger partial charge in [0.2, 0.25) is 0 Å². The maximum atomic E-state index is 9.14. The fourth-order valence-corrected chi connectivity index (χ4v) is 2.86. The van der Waals surface area contributed by atoms with Crippen molar-refractivity contribution in [3.05, 3.63) is 11.1 Å². The molecule has 0 bridgehead atoms. The summed E-state index contributed by atoms with van der Waals surface area (Å²) in [6.07, 6.45) is 1.82. The molecule has 3 N–H and O–H groups in total. The Labute approximate surface area is 117 Å². The van der Waals surface area contributed by atoms with Crippen molar-refractivity contribution >= 4 is 16.5 Å². The molecule has 1 aliphatic heterocycles. The van der Waals surface area contributed by atoms with E-state index in [9.17, 15) is 0 Å². The van der Waals surface area contributed by atoms with Crippen LogP contribution >= 0.6 is 11.3 Å². The lowest BCUT2D eigenvalue weighted by Crippen LogP contribution is -2.41. The van der Waals surface area contributed by atoms with E-state index in [1.165, 1.54) is 11.3 Å². The number of ether oxygens (including phenoxy) is 1. The van der Waals surface area contributed by atoms with E-state index < -0.39 is 0 Å². The summed E-state index contributed by atoms with van der Waals surface area (Å²) in [6.45, 7) is 7.27. The van der Waals surface area contributed by atoms with Crippen LogP contribution in [0.3, 0.4) is 0 Å². The van der Waals surface area contributed by atoms with Gasteiger partial charge in [-0.3, -0.25) is 9.80 Å². The average Bonchev–Trinajstić information content (AvgIpc) is 2.83. The Bertz CT molecular complexity index is 368. The fourth-order valence-electron chi connectivity index (χ4n) is 2.14. The zero-order valence-electron chi connectivity index (χ0n) is 11.1. The number of rotatable bonds is 7. The molecule has 2 heterocycles. The summed E-state index contributed by atoms with van der Waals surface area (Å²) in [5.41, 5.74) is 5.64. The second-order valence-electron chi connectivity index (χ2n) is 4.62. The first-order valence-corrected chi connectivity index (χ1v) is 7.43. The van der Waals surface area contributed by atoms with Gasteiger partial charge in [0.05, 0.1) is 19.8 Å². The zero-order valence-corrected chi connectivity index (χ0v) is 11.9. The van der Waals surface area contributed by atoms with Crippen molar-refractivity contribution in [3.63, 3.8) is 0 Å². The fraction of sp³-hybridized carbons (Fsp3) is 0.750. The Morgan fingerprint density at radius 3 is 2.84 bits per heavy atom. The molecular weight excluding hydrogens is 264 g/mol. The average molecular weight is 286 g/mol. The largest absolute Gasteiger partial charge is 0.395 e. The van der Waals surface area contributed by atoms with Gasteiger partial charge in [0.25, 0.3) is 0 Å². The number of hydrogen-bond donors (Lipinski definition) is 2. The molecule has 1 aliphatic rings. The zero-order chi connectivity index (χ0) is 13.5. The Kier molecular flexibility index (Phi) is 5.99. The number of nitrogens with two attached hydrogens (primary N) is 1. The SMILES string of the molecule is Nc1ncc(CN(CCO)CCN2CCOCC2)s1. The highest BCUT2D eigenvalue weighted by Crippen LogP contribution is 2.16. The molecule has 6 nitrogen and oxygen atoms in total. The van der Waals surface area contributed by atoms with Gasteiger partial charge in [-0.1, -0.05) is 0 Å². The van der Waals surface area contributed by atoms with Crippen LogP contribution in [-0.2, 0) is 11.3 Å². The van der Waals surface area contributed by atoms with Crippen LogP contribution in [0.1, 0.15) is 4.88 Å². The van der Waals surface area contributed by atoms with E-state index in [1.807, 2.05) is 6.20 Å². The summed E-state index contributed by atoms with van der Waals surface area (Å²) in [6, 6.07) is 0. The van der Waals surface area contributed by atoms with E-state index in [-0.39, 0.29) is 6.61 Å². The first kappa shape index (κ1) is 14.7. The van der Waals surface area contributed by atoms with E-state index in [4.69, 9.17) is 15.6 Å². The molecule has 1 saturated heterocycles. The number of morpholine rings is 1. The van der Waals surface area contributed by atoms with Crippen molar-refractivity contribution in [1.29, 1.82) is 0 Å². The monoisotopic (exact) mass is 286 g/mol. The number of nitrogen functional groups attached to an aromatic ring is 1. The van der Waals surface area contributed by atoms with Crippen molar-refractivity contribution in [2.45, 2.75) is 6.54 Å². The minimum atomic E-state index is 0.178. The number of aliphatic hydroxyl groups is 1. The summed E-state index contributed by atoms with van der Waals surface area (Å²) in [4.78, 5) is 9.84. The lowest BCUT2D eigenvalue weighted by Gasteiger charge is -2.29. The number of aromatic nitrogens is 1. The van der Waals surface area contributed by atoms with Gasteiger partial charge in [-0.15, -0.1) is 11.3 Å². The maximum absolute atomic E-state index is 9.14. The van der Waals surface area contributed by atoms with Crippen LogP contribution in [-0.4, -0.2) is 72.4 Å². The van der Waals surface area contributed by atoms with Gasteiger partial charge >= 0.3 is 0 Å². The third-order valence-corrected chi connectivity index (χ3v) is 4.01. The first-order valence-electron chi connectivity index (χ1n) is 6.61. The van der Waals surface area contributed by atoms with Crippen LogP contribution in [0.5, 0.6) is 0 Å². The number of nitrogens with zero attached hydrogens (tertiary/aromatic N) is 3. The highest BCUT2D eigenvalue weighted by Gasteiger charge is 2.13. The van der Waals surface area contributed by atoms with E-state index in [2.05, 4.69) is 14.8 Å². The molecule has 0 saturated carbocycles. The van der Waals surface area contributed by atoms with Crippen LogP contribution in [0, 0.1) is 0 Å². The Balaban J connectivity index is 1.78. The van der Waals surface area contributed by atoms with Gasteiger partial charge in [0, 0.05) is 50.3 Å². The summed E-state index contributed by atoms with van der Waals surface area (Å²) >= 11 is 1.51. The third-order valence-electron chi connectivity index (χ3n) is 3.20. The molecule has 0 aromatic carbocycles. The molecule has 19 heavy (non-hydrogen) atoms. The van der Waals surface area contributed by atoms with Crippen LogP contribution in [0.4, 0.5) is 5.13 Å². The van der Waals surface area contributed by atoms with Crippen LogP contribution in [0.2, 0.25) is 0 Å². The molecule has 1 aromatic rings. The highest BCUT2D eigenvalue weighted by atomic mass is 32.1. The van der Waals surface area contributed by atoms with E-state index in [0.29, 0.717) is 11.7 Å². The Morgan fingerprint density at radius 1 is 1.42 bits per heavy atom. The predicted molar refractivity (Wildman–Crippen MR) is 76.1 cm³/mol. The topological polar surface area (TPSA) is 74.8 Å². The normalized spacial score (nSPS) is 17.2. The second-order valence-corrected chi connectivity index (χ2v) is 5.77. The number of aliphatic hydroxyl groups excluding tert-OH is 1. The quantitative estimate of drug-likeness (QED) is 0.726. The minimum Gasteiger partial charge on any atom is -0.395 e. The van der Waals surface area contributed by atoms with Gasteiger partial charge in [-0.2, -0.15) is 0 Å². The molecular formula is C12H22N4O2S. The minimum absolute atomic E-state index is 0.178. The van der Waals surface area contributed by atoms with Crippen LogP contribution in [0.25, 0.3) is 0 Å². The lowest BCUT2D eigenvalue weighted by atomic mass is 10.3. The third kappa shape index (κ3) is 5.04. The summed E-state index contributed by atoms with van der Waals surface area (Å²) in [5.74, 6) is 0. The van der Waals surface area contributed by atoms with Gasteiger partial charge in [0.1, 0.15) is 0 Å². The van der Waals surface area contributed by atoms with Gasteiger partial charge in [-0.25, -0.2) is 4.98 Å². The molecule has 2 rings (SSSR count). The van der Waals surface area contributed by atoms with Crippen molar-refractivity contribution in [2.75, 3.05) is 58.3 Å². The summed E-state index contributed by atoms with van der Waals surface area (Å²) < 4.78 is 5.34. The smallest absolute Gasteiger partial charge is 0.180 e.